The number of rotatable bonds is 11. The Balaban J connectivity index is 1.37. The lowest BCUT2D eigenvalue weighted by Gasteiger charge is -2.24. The average Bonchev–Trinajstić information content (AvgIpc) is 3.44. The first kappa shape index (κ1) is 33.6. The normalized spacial score (nSPS) is 18.5. The standard InChI is InChI=1S/C34H36F3N3O4SSi/c1-46(2,3)18-17-44-33(43)30-24(20-40-32(42)28-19-25(34(35,36)37)12-16-29(28)38-39-40)11-15-27(30)31(41)23-9-13-26(14-10-23)45-21-22-7-5-4-6-8-22/h4-10,12-14,16,19,24,27,30H,11,15,17-18,20-21H2,1-3H3. The number of hydrogen-bond donors (Lipinski definition) is 0. The van der Waals surface area contributed by atoms with E-state index in [2.05, 4.69) is 42.1 Å². The summed E-state index contributed by atoms with van der Waals surface area (Å²) >= 11 is 1.66. The van der Waals surface area contributed by atoms with Crippen LogP contribution in [0.1, 0.15) is 34.3 Å². The van der Waals surface area contributed by atoms with Gasteiger partial charge in [0, 0.05) is 30.2 Å². The maximum atomic E-state index is 13.8. The van der Waals surface area contributed by atoms with Gasteiger partial charge < -0.3 is 4.74 Å². The highest BCUT2D eigenvalue weighted by Gasteiger charge is 2.46. The van der Waals surface area contributed by atoms with Crippen LogP contribution >= 0.6 is 11.8 Å². The van der Waals surface area contributed by atoms with Gasteiger partial charge in [-0.05, 0) is 60.7 Å². The molecule has 0 saturated heterocycles. The number of carbonyl (C=O) groups excluding carboxylic acids is 2. The van der Waals surface area contributed by atoms with Crippen molar-refractivity contribution in [3.63, 3.8) is 0 Å². The van der Waals surface area contributed by atoms with Gasteiger partial charge in [0.15, 0.2) is 5.78 Å². The summed E-state index contributed by atoms with van der Waals surface area (Å²) in [5.41, 5.74) is 0.0198. The number of carbonyl (C=O) groups is 2. The number of hydrogen-bond acceptors (Lipinski definition) is 7. The first-order valence-electron chi connectivity index (χ1n) is 15.2. The summed E-state index contributed by atoms with van der Waals surface area (Å²) in [5, 5.41) is 7.72. The lowest BCUT2D eigenvalue weighted by atomic mass is 9.84. The molecule has 4 aromatic rings. The molecule has 0 bridgehead atoms. The van der Waals surface area contributed by atoms with Crippen LogP contribution in [-0.4, -0.2) is 41.4 Å². The second-order valence-corrected chi connectivity index (χ2v) is 19.6. The molecule has 3 aromatic carbocycles. The quantitative estimate of drug-likeness (QED) is 0.0708. The molecule has 3 unspecified atom stereocenters. The van der Waals surface area contributed by atoms with Crippen LogP contribution in [0.5, 0.6) is 0 Å². The van der Waals surface area contributed by atoms with Crippen LogP contribution in [0.25, 0.3) is 10.9 Å². The molecule has 46 heavy (non-hydrogen) atoms. The van der Waals surface area contributed by atoms with E-state index in [-0.39, 0.29) is 29.8 Å². The zero-order valence-corrected chi connectivity index (χ0v) is 27.7. The van der Waals surface area contributed by atoms with E-state index < -0.39 is 49.1 Å². The van der Waals surface area contributed by atoms with Gasteiger partial charge in [-0.15, -0.1) is 16.9 Å². The monoisotopic (exact) mass is 667 g/mol. The lowest BCUT2D eigenvalue weighted by Crippen LogP contribution is -2.36. The molecule has 0 spiro atoms. The number of esters is 1. The second kappa shape index (κ2) is 13.9. The minimum atomic E-state index is -4.63. The highest BCUT2D eigenvalue weighted by Crippen LogP contribution is 2.41. The van der Waals surface area contributed by atoms with E-state index in [1.807, 2.05) is 30.3 Å². The van der Waals surface area contributed by atoms with Crippen molar-refractivity contribution in [1.82, 2.24) is 15.0 Å². The number of benzene rings is 3. The number of ether oxygens (including phenoxy) is 1. The van der Waals surface area contributed by atoms with Crippen LogP contribution in [0, 0.1) is 17.8 Å². The Morgan fingerprint density at radius 1 is 1.00 bits per heavy atom. The van der Waals surface area contributed by atoms with Crippen LogP contribution in [0.4, 0.5) is 13.2 Å². The number of Topliss-reactive ketones (excluding diaryl/α,β-unsaturated/α-hetero) is 1. The Labute approximate surface area is 270 Å². The molecule has 1 aromatic heterocycles. The van der Waals surface area contributed by atoms with Crippen LogP contribution in [0.3, 0.4) is 0 Å². The van der Waals surface area contributed by atoms with Crippen molar-refractivity contribution in [2.24, 2.45) is 17.8 Å². The minimum absolute atomic E-state index is 0.0430. The van der Waals surface area contributed by atoms with E-state index in [0.717, 1.165) is 39.6 Å². The molecular formula is C34H36F3N3O4SSi. The number of nitrogens with zero attached hydrogens (tertiary/aromatic N) is 3. The molecule has 3 atom stereocenters. The predicted octanol–water partition coefficient (Wildman–Crippen LogP) is 7.51. The van der Waals surface area contributed by atoms with Gasteiger partial charge in [-0.3, -0.25) is 14.4 Å². The molecule has 7 nitrogen and oxygen atoms in total. The van der Waals surface area contributed by atoms with Crippen molar-refractivity contribution in [2.75, 3.05) is 6.61 Å². The number of thioether (sulfide) groups is 1. The number of fused-ring (bicyclic) bond motifs is 1. The lowest BCUT2D eigenvalue weighted by molar-refractivity contribution is -0.150. The van der Waals surface area contributed by atoms with E-state index in [0.29, 0.717) is 18.4 Å². The number of alkyl halides is 3. The summed E-state index contributed by atoms with van der Waals surface area (Å²) in [7, 11) is -1.51. The molecule has 5 rings (SSSR count). The molecule has 0 radical (unpaired) electrons. The number of ketones is 1. The largest absolute Gasteiger partial charge is 0.466 e. The Hall–Kier alpha value is -3.77. The second-order valence-electron chi connectivity index (χ2n) is 12.9. The molecule has 1 aliphatic carbocycles. The van der Waals surface area contributed by atoms with Crippen LogP contribution in [0.15, 0.2) is 82.5 Å². The first-order chi connectivity index (χ1) is 21.8. The number of aromatic nitrogens is 3. The average molecular weight is 668 g/mol. The third-order valence-electron chi connectivity index (χ3n) is 8.34. The van der Waals surface area contributed by atoms with Gasteiger partial charge in [0.05, 0.1) is 30.0 Å². The fourth-order valence-electron chi connectivity index (χ4n) is 5.76. The smallest absolute Gasteiger partial charge is 0.416 e. The number of halogens is 3. The third-order valence-corrected chi connectivity index (χ3v) is 11.1. The van der Waals surface area contributed by atoms with Gasteiger partial charge >= 0.3 is 12.1 Å². The topological polar surface area (TPSA) is 91.2 Å². The third kappa shape index (κ3) is 8.14. The summed E-state index contributed by atoms with van der Waals surface area (Å²) in [6.45, 7) is 6.67. The molecule has 1 aliphatic rings. The van der Waals surface area contributed by atoms with Crippen LogP contribution in [0.2, 0.25) is 25.7 Å². The van der Waals surface area contributed by atoms with Gasteiger partial charge in [0.1, 0.15) is 5.52 Å². The van der Waals surface area contributed by atoms with Gasteiger partial charge in [0.2, 0.25) is 0 Å². The van der Waals surface area contributed by atoms with E-state index in [9.17, 15) is 27.6 Å². The Morgan fingerprint density at radius 3 is 2.39 bits per heavy atom. The van der Waals surface area contributed by atoms with Crippen molar-refractivity contribution in [3.8, 4) is 0 Å². The summed E-state index contributed by atoms with van der Waals surface area (Å²) in [5.74, 6) is -1.90. The van der Waals surface area contributed by atoms with E-state index in [1.54, 1.807) is 23.9 Å². The SMILES string of the molecule is C[Si](C)(C)CCOC(=O)C1C(Cn2nnc3ccc(C(F)(F)F)cc3c2=O)CCC1C(=O)c1ccc(SCc2ccccc2)cc1. The fraction of sp³-hybridized carbons (Fsp3) is 0.382. The van der Waals surface area contributed by atoms with E-state index in [1.165, 1.54) is 5.56 Å². The summed E-state index contributed by atoms with van der Waals surface area (Å²) in [6, 6.07) is 20.9. The molecule has 0 aliphatic heterocycles. The van der Waals surface area contributed by atoms with Crippen molar-refractivity contribution in [1.29, 1.82) is 0 Å². The van der Waals surface area contributed by atoms with Crippen molar-refractivity contribution in [3.05, 3.63) is 99.8 Å². The van der Waals surface area contributed by atoms with Crippen LogP contribution in [-0.2, 0) is 28.0 Å². The van der Waals surface area contributed by atoms with E-state index >= 15 is 0 Å². The first-order valence-corrected chi connectivity index (χ1v) is 19.9. The van der Waals surface area contributed by atoms with Crippen molar-refractivity contribution in [2.45, 2.75) is 61.9 Å². The van der Waals surface area contributed by atoms with Crippen molar-refractivity contribution < 1.29 is 27.5 Å². The highest BCUT2D eigenvalue weighted by molar-refractivity contribution is 7.98. The molecule has 1 heterocycles. The Kier molecular flexibility index (Phi) is 10.2. The van der Waals surface area contributed by atoms with E-state index in [4.69, 9.17) is 4.74 Å². The molecule has 0 N–H and O–H groups in total. The van der Waals surface area contributed by atoms with Crippen LogP contribution < -0.4 is 5.56 Å². The van der Waals surface area contributed by atoms with Gasteiger partial charge in [-0.2, -0.15) is 13.2 Å². The highest BCUT2D eigenvalue weighted by atomic mass is 32.2. The molecule has 242 valence electrons. The predicted molar refractivity (Wildman–Crippen MR) is 174 cm³/mol. The van der Waals surface area contributed by atoms with Gasteiger partial charge in [-0.1, -0.05) is 67.3 Å². The molecular weight excluding hydrogens is 632 g/mol. The summed E-state index contributed by atoms with van der Waals surface area (Å²) < 4.78 is 46.8. The maximum Gasteiger partial charge on any atom is 0.416 e. The molecule has 0 amide bonds. The van der Waals surface area contributed by atoms with Gasteiger partial charge in [-0.25, -0.2) is 4.68 Å². The molecule has 12 heteroatoms. The fourth-order valence-corrected chi connectivity index (χ4v) is 7.32. The Morgan fingerprint density at radius 2 is 1.72 bits per heavy atom. The summed E-state index contributed by atoms with van der Waals surface area (Å²) in [6.07, 6.45) is -3.79. The maximum absolute atomic E-state index is 13.8. The van der Waals surface area contributed by atoms with Gasteiger partial charge in [0.25, 0.3) is 5.56 Å². The Bertz CT molecular complexity index is 1760. The zero-order valence-electron chi connectivity index (χ0n) is 25.9. The molecule has 1 saturated carbocycles. The zero-order chi connectivity index (χ0) is 33.1. The van der Waals surface area contributed by atoms with Crippen molar-refractivity contribution >= 4 is 42.5 Å². The summed E-state index contributed by atoms with van der Waals surface area (Å²) in [4.78, 5) is 41.7. The minimum Gasteiger partial charge on any atom is -0.466 e. The molecule has 1 fully saturated rings.